The van der Waals surface area contributed by atoms with E-state index in [1.807, 2.05) is 13.8 Å². The monoisotopic (exact) mass is 273 g/mol. The molecule has 0 amide bonds. The maximum Gasteiger partial charge on any atom is 0.321 e. The lowest BCUT2D eigenvalue weighted by molar-refractivity contribution is -0.139. The fourth-order valence-corrected chi connectivity index (χ4v) is 3.39. The zero-order valence-electron chi connectivity index (χ0n) is 10.4. The molecule has 0 aromatic carbocycles. The molecule has 0 saturated heterocycles. The predicted octanol–water partition coefficient (Wildman–Crippen LogP) is 2.73. The molecule has 1 aromatic rings. The van der Waals surface area contributed by atoms with E-state index < -0.39 is 16.8 Å². The van der Waals surface area contributed by atoms with Gasteiger partial charge in [-0.1, -0.05) is 6.92 Å². The minimum atomic E-state index is -0.942. The Morgan fingerprint density at radius 1 is 1.53 bits per heavy atom. The van der Waals surface area contributed by atoms with E-state index in [0.29, 0.717) is 0 Å². The van der Waals surface area contributed by atoms with E-state index in [0.717, 1.165) is 12.2 Å². The van der Waals surface area contributed by atoms with Gasteiger partial charge in [-0.3, -0.25) is 4.79 Å². The molecular weight excluding hydrogens is 254 g/mol. The van der Waals surface area contributed by atoms with Crippen molar-refractivity contribution < 1.29 is 9.90 Å². The second-order valence-corrected chi connectivity index (χ2v) is 7.31. The molecule has 1 heterocycles. The summed E-state index contributed by atoms with van der Waals surface area (Å²) in [5.74, 6) is -0.124. The SMILES string of the molecule is CCc1ccc(CSC(C)(C)[C@@H](N)C(=O)O)s1. The number of hydrogen-bond donors (Lipinski definition) is 2. The Bertz CT molecular complexity index is 388. The number of nitrogens with two attached hydrogens (primary N) is 1. The molecule has 0 aliphatic carbocycles. The molecule has 0 aliphatic heterocycles. The van der Waals surface area contributed by atoms with E-state index in [2.05, 4.69) is 19.1 Å². The Kier molecular flexibility index (Phi) is 5.04. The lowest BCUT2D eigenvalue weighted by Crippen LogP contribution is -2.46. The van der Waals surface area contributed by atoms with Gasteiger partial charge in [0.25, 0.3) is 0 Å². The molecule has 96 valence electrons. The van der Waals surface area contributed by atoms with Crippen molar-refractivity contribution in [2.24, 2.45) is 5.73 Å². The molecule has 0 unspecified atom stereocenters. The Morgan fingerprint density at radius 3 is 2.59 bits per heavy atom. The molecule has 1 aromatic heterocycles. The van der Waals surface area contributed by atoms with Crippen molar-refractivity contribution in [3.8, 4) is 0 Å². The summed E-state index contributed by atoms with van der Waals surface area (Å²) in [5.41, 5.74) is 5.67. The molecule has 0 fully saturated rings. The number of thiophene rings is 1. The first-order valence-corrected chi connectivity index (χ1v) is 7.37. The molecule has 17 heavy (non-hydrogen) atoms. The Balaban J connectivity index is 2.57. The lowest BCUT2D eigenvalue weighted by Gasteiger charge is -2.27. The maximum atomic E-state index is 10.9. The van der Waals surface area contributed by atoms with Crippen LogP contribution in [0.5, 0.6) is 0 Å². The summed E-state index contributed by atoms with van der Waals surface area (Å²) in [4.78, 5) is 13.5. The number of carboxylic acids is 1. The summed E-state index contributed by atoms with van der Waals surface area (Å²) >= 11 is 3.38. The Hall–Kier alpha value is -0.520. The molecule has 0 spiro atoms. The molecule has 3 nitrogen and oxygen atoms in total. The van der Waals surface area contributed by atoms with Gasteiger partial charge in [-0.05, 0) is 32.4 Å². The van der Waals surface area contributed by atoms with Crippen LogP contribution in [-0.2, 0) is 17.0 Å². The van der Waals surface area contributed by atoms with E-state index in [4.69, 9.17) is 10.8 Å². The van der Waals surface area contributed by atoms with Crippen molar-refractivity contribution in [1.29, 1.82) is 0 Å². The molecule has 1 atom stereocenters. The summed E-state index contributed by atoms with van der Waals surface area (Å²) in [6.45, 7) is 5.89. The largest absolute Gasteiger partial charge is 0.480 e. The highest BCUT2D eigenvalue weighted by atomic mass is 32.2. The molecular formula is C12H19NO2S2. The van der Waals surface area contributed by atoms with Crippen molar-refractivity contribution in [2.75, 3.05) is 0 Å². The summed E-state index contributed by atoms with van der Waals surface area (Å²) in [6, 6.07) is 3.40. The normalized spacial score (nSPS) is 13.6. The van der Waals surface area contributed by atoms with Gasteiger partial charge in [-0.2, -0.15) is 0 Å². The average molecular weight is 273 g/mol. The van der Waals surface area contributed by atoms with Crippen molar-refractivity contribution in [3.05, 3.63) is 21.9 Å². The Morgan fingerprint density at radius 2 is 2.12 bits per heavy atom. The van der Waals surface area contributed by atoms with Crippen LogP contribution < -0.4 is 5.73 Å². The summed E-state index contributed by atoms with van der Waals surface area (Å²) in [6.07, 6.45) is 1.05. The molecule has 5 heteroatoms. The number of aryl methyl sites for hydroxylation is 1. The minimum Gasteiger partial charge on any atom is -0.480 e. The first kappa shape index (κ1) is 14.5. The highest BCUT2D eigenvalue weighted by molar-refractivity contribution is 8.00. The number of hydrogen-bond acceptors (Lipinski definition) is 4. The molecule has 3 N–H and O–H groups in total. The fraction of sp³-hybridized carbons (Fsp3) is 0.583. The van der Waals surface area contributed by atoms with Gasteiger partial charge in [-0.15, -0.1) is 23.1 Å². The second kappa shape index (κ2) is 5.89. The number of carbonyl (C=O) groups is 1. The summed E-state index contributed by atoms with van der Waals surface area (Å²) in [7, 11) is 0. The van der Waals surface area contributed by atoms with E-state index >= 15 is 0 Å². The highest BCUT2D eigenvalue weighted by Gasteiger charge is 2.32. The van der Waals surface area contributed by atoms with Gasteiger partial charge in [-0.25, -0.2) is 0 Å². The standard InChI is InChI=1S/C12H19NO2S2/c1-4-8-5-6-9(17-8)7-16-12(2,3)10(13)11(14)15/h5-6,10H,4,7,13H2,1-3H3,(H,14,15)/t10-/m0/s1. The van der Waals surface area contributed by atoms with E-state index in [1.165, 1.54) is 9.75 Å². The quantitative estimate of drug-likeness (QED) is 0.836. The zero-order valence-corrected chi connectivity index (χ0v) is 12.0. The zero-order chi connectivity index (χ0) is 13.1. The van der Waals surface area contributed by atoms with Gasteiger partial charge in [0.05, 0.1) is 0 Å². The van der Waals surface area contributed by atoms with Gasteiger partial charge in [0.1, 0.15) is 6.04 Å². The fourth-order valence-electron chi connectivity index (χ4n) is 1.33. The van der Waals surface area contributed by atoms with E-state index in [1.54, 1.807) is 23.1 Å². The van der Waals surface area contributed by atoms with Crippen molar-refractivity contribution in [2.45, 2.75) is 43.7 Å². The van der Waals surface area contributed by atoms with Crippen LogP contribution in [0.4, 0.5) is 0 Å². The van der Waals surface area contributed by atoms with Crippen LogP contribution in [0.15, 0.2) is 12.1 Å². The first-order chi connectivity index (χ1) is 7.86. The third kappa shape index (κ3) is 4.01. The van der Waals surface area contributed by atoms with Gasteiger partial charge in [0.15, 0.2) is 0 Å². The van der Waals surface area contributed by atoms with Crippen LogP contribution in [0.1, 0.15) is 30.5 Å². The van der Waals surface area contributed by atoms with Crippen molar-refractivity contribution in [1.82, 2.24) is 0 Å². The molecule has 0 saturated carbocycles. The van der Waals surface area contributed by atoms with Crippen LogP contribution in [0.2, 0.25) is 0 Å². The predicted molar refractivity (Wildman–Crippen MR) is 74.7 cm³/mol. The third-order valence-electron chi connectivity index (χ3n) is 2.67. The number of thioether (sulfide) groups is 1. The minimum absolute atomic E-state index is 0.456. The number of carboxylic acid groups (broad SMARTS) is 1. The Labute approximate surface area is 110 Å². The molecule has 0 bridgehead atoms. The smallest absolute Gasteiger partial charge is 0.321 e. The first-order valence-electron chi connectivity index (χ1n) is 5.56. The lowest BCUT2D eigenvalue weighted by atomic mass is 10.1. The average Bonchev–Trinajstić information content (AvgIpc) is 2.73. The van der Waals surface area contributed by atoms with Crippen LogP contribution in [-0.4, -0.2) is 21.9 Å². The number of aliphatic carboxylic acids is 1. The molecule has 1 rings (SSSR count). The van der Waals surface area contributed by atoms with Crippen LogP contribution in [0, 0.1) is 0 Å². The van der Waals surface area contributed by atoms with E-state index in [-0.39, 0.29) is 0 Å². The molecule has 0 radical (unpaired) electrons. The van der Waals surface area contributed by atoms with Crippen molar-refractivity contribution >= 4 is 29.1 Å². The third-order valence-corrected chi connectivity index (χ3v) is 5.53. The highest BCUT2D eigenvalue weighted by Crippen LogP contribution is 2.32. The molecule has 0 aliphatic rings. The van der Waals surface area contributed by atoms with Crippen LogP contribution in [0.3, 0.4) is 0 Å². The summed E-state index contributed by atoms with van der Waals surface area (Å²) < 4.78 is -0.456. The maximum absolute atomic E-state index is 10.9. The summed E-state index contributed by atoms with van der Waals surface area (Å²) in [5, 5.41) is 8.92. The topological polar surface area (TPSA) is 63.3 Å². The van der Waals surface area contributed by atoms with Gasteiger partial charge in [0.2, 0.25) is 0 Å². The van der Waals surface area contributed by atoms with Gasteiger partial charge < -0.3 is 10.8 Å². The van der Waals surface area contributed by atoms with Crippen molar-refractivity contribution in [3.63, 3.8) is 0 Å². The van der Waals surface area contributed by atoms with Crippen LogP contribution in [0.25, 0.3) is 0 Å². The van der Waals surface area contributed by atoms with E-state index in [9.17, 15) is 4.79 Å². The number of rotatable bonds is 6. The van der Waals surface area contributed by atoms with Crippen LogP contribution >= 0.6 is 23.1 Å². The van der Waals surface area contributed by atoms with Gasteiger partial charge in [0, 0.05) is 20.3 Å². The second-order valence-electron chi connectivity index (χ2n) is 4.43. The van der Waals surface area contributed by atoms with Gasteiger partial charge >= 0.3 is 5.97 Å².